The van der Waals surface area contributed by atoms with Gasteiger partial charge < -0.3 is 19.4 Å². The Balaban J connectivity index is 1.58. The van der Waals surface area contributed by atoms with E-state index in [2.05, 4.69) is 5.32 Å². The molecule has 3 rings (SSSR count). The van der Waals surface area contributed by atoms with Crippen molar-refractivity contribution in [3.05, 3.63) is 84.3 Å². The van der Waals surface area contributed by atoms with Gasteiger partial charge in [0.15, 0.2) is 11.9 Å². The van der Waals surface area contributed by atoms with Crippen molar-refractivity contribution in [3.8, 4) is 0 Å². The van der Waals surface area contributed by atoms with Crippen molar-refractivity contribution in [2.24, 2.45) is 0 Å². The van der Waals surface area contributed by atoms with Crippen molar-refractivity contribution in [1.82, 2.24) is 0 Å². The van der Waals surface area contributed by atoms with Crippen LogP contribution in [0, 0.1) is 0 Å². The summed E-state index contributed by atoms with van der Waals surface area (Å²) in [6, 6.07) is 18.4. The summed E-state index contributed by atoms with van der Waals surface area (Å²) in [6.07, 6.45) is 0.456. The Morgan fingerprint density at radius 2 is 1.66 bits per heavy atom. The van der Waals surface area contributed by atoms with Gasteiger partial charge in [-0.25, -0.2) is 4.79 Å². The van der Waals surface area contributed by atoms with E-state index in [9.17, 15) is 14.4 Å². The van der Waals surface area contributed by atoms with Crippen LogP contribution in [0.5, 0.6) is 0 Å². The fourth-order valence-corrected chi connectivity index (χ4v) is 2.62. The Bertz CT molecular complexity index is 982. The highest BCUT2D eigenvalue weighted by atomic mass is 16.5. The van der Waals surface area contributed by atoms with Gasteiger partial charge in [0.05, 0.1) is 11.8 Å². The number of para-hydroxylation sites is 1. The molecule has 1 atom stereocenters. The third-order valence-corrected chi connectivity index (χ3v) is 4.23. The van der Waals surface area contributed by atoms with Gasteiger partial charge in [-0.3, -0.25) is 9.59 Å². The van der Waals surface area contributed by atoms with E-state index in [1.807, 2.05) is 18.2 Å². The maximum atomic E-state index is 12.5. The van der Waals surface area contributed by atoms with Gasteiger partial charge in [0.25, 0.3) is 11.8 Å². The second-order valence-corrected chi connectivity index (χ2v) is 6.29. The van der Waals surface area contributed by atoms with Gasteiger partial charge in [-0.15, -0.1) is 0 Å². The van der Waals surface area contributed by atoms with Gasteiger partial charge in [-0.05, 0) is 55.5 Å². The van der Waals surface area contributed by atoms with Gasteiger partial charge >= 0.3 is 5.97 Å². The zero-order valence-corrected chi connectivity index (χ0v) is 16.0. The molecule has 1 heterocycles. The summed E-state index contributed by atoms with van der Waals surface area (Å²) in [5, 5.41) is 2.66. The Morgan fingerprint density at radius 3 is 2.28 bits per heavy atom. The van der Waals surface area contributed by atoms with E-state index >= 15 is 0 Å². The number of amides is 2. The summed E-state index contributed by atoms with van der Waals surface area (Å²) in [5.74, 6) is -1.18. The number of nitrogens with zero attached hydrogens (tertiary/aromatic N) is 1. The lowest BCUT2D eigenvalue weighted by Crippen LogP contribution is -2.37. The van der Waals surface area contributed by atoms with Gasteiger partial charge in [0.2, 0.25) is 0 Å². The second-order valence-electron chi connectivity index (χ2n) is 6.29. The summed E-state index contributed by atoms with van der Waals surface area (Å²) < 4.78 is 10.3. The van der Waals surface area contributed by atoms with Crippen molar-refractivity contribution in [2.45, 2.75) is 13.0 Å². The van der Waals surface area contributed by atoms with Crippen LogP contribution >= 0.6 is 0 Å². The molecule has 29 heavy (non-hydrogen) atoms. The van der Waals surface area contributed by atoms with Crippen LogP contribution in [0.2, 0.25) is 0 Å². The van der Waals surface area contributed by atoms with Gasteiger partial charge in [0.1, 0.15) is 0 Å². The van der Waals surface area contributed by atoms with Gasteiger partial charge in [-0.2, -0.15) is 0 Å². The van der Waals surface area contributed by atoms with E-state index in [1.165, 1.54) is 30.2 Å². The average Bonchev–Trinajstić information content (AvgIpc) is 3.29. The minimum Gasteiger partial charge on any atom is -0.459 e. The zero-order chi connectivity index (χ0) is 20.8. The molecule has 0 aliphatic carbocycles. The molecule has 7 nitrogen and oxygen atoms in total. The molecular weight excluding hydrogens is 372 g/mol. The molecule has 2 amide bonds. The summed E-state index contributed by atoms with van der Waals surface area (Å²) in [7, 11) is 1.62. The highest BCUT2D eigenvalue weighted by molar-refractivity contribution is 6.02. The highest BCUT2D eigenvalue weighted by Gasteiger charge is 2.23. The maximum Gasteiger partial charge on any atom is 0.338 e. The van der Waals surface area contributed by atoms with E-state index < -0.39 is 18.0 Å². The molecule has 0 unspecified atom stereocenters. The number of hydrogen-bond acceptors (Lipinski definition) is 5. The first-order chi connectivity index (χ1) is 14.0. The predicted molar refractivity (Wildman–Crippen MR) is 108 cm³/mol. The van der Waals surface area contributed by atoms with Crippen LogP contribution in [-0.2, 0) is 9.53 Å². The fraction of sp³-hybridized carbons (Fsp3) is 0.136. The van der Waals surface area contributed by atoms with E-state index in [0.29, 0.717) is 11.4 Å². The number of esters is 1. The molecule has 148 valence electrons. The third-order valence-electron chi connectivity index (χ3n) is 4.23. The summed E-state index contributed by atoms with van der Waals surface area (Å²) in [5.41, 5.74) is 1.47. The fourth-order valence-electron chi connectivity index (χ4n) is 2.62. The molecule has 0 saturated heterocycles. The summed E-state index contributed by atoms with van der Waals surface area (Å²) in [6.45, 7) is 1.53. The average molecular weight is 392 g/mol. The number of likely N-dealkylation sites (N-methyl/N-ethyl adjacent to an activating group) is 1. The van der Waals surface area contributed by atoms with Crippen LogP contribution in [-0.4, -0.2) is 30.9 Å². The molecule has 0 saturated carbocycles. The first-order valence-electron chi connectivity index (χ1n) is 8.94. The van der Waals surface area contributed by atoms with E-state index in [-0.39, 0.29) is 17.2 Å². The van der Waals surface area contributed by atoms with Crippen molar-refractivity contribution in [1.29, 1.82) is 0 Å². The van der Waals surface area contributed by atoms with E-state index in [4.69, 9.17) is 9.15 Å². The van der Waals surface area contributed by atoms with E-state index in [0.717, 1.165) is 0 Å². The van der Waals surface area contributed by atoms with Gasteiger partial charge in [0, 0.05) is 18.4 Å². The molecule has 0 aliphatic rings. The standard InChI is InChI=1S/C22H20N2O5/c1-15(21(26)24(2)18-7-4-3-5-8-18)29-22(27)16-10-12-17(13-11-16)23-20(25)19-9-6-14-28-19/h3-15H,1-2H3,(H,23,25)/t15-/m0/s1. The predicted octanol–water partition coefficient (Wildman–Crippen LogP) is 3.74. The number of anilines is 2. The number of furan rings is 1. The smallest absolute Gasteiger partial charge is 0.338 e. The van der Waals surface area contributed by atoms with Crippen molar-refractivity contribution < 1.29 is 23.5 Å². The lowest BCUT2D eigenvalue weighted by molar-refractivity contribution is -0.126. The van der Waals surface area contributed by atoms with Gasteiger partial charge in [-0.1, -0.05) is 18.2 Å². The molecular formula is C22H20N2O5. The first-order valence-corrected chi connectivity index (χ1v) is 8.94. The normalized spacial score (nSPS) is 11.4. The van der Waals surface area contributed by atoms with Crippen LogP contribution in [0.3, 0.4) is 0 Å². The van der Waals surface area contributed by atoms with Crippen LogP contribution in [0.15, 0.2) is 77.4 Å². The second kappa shape index (κ2) is 8.88. The monoisotopic (exact) mass is 392 g/mol. The first kappa shape index (κ1) is 19.9. The molecule has 2 aromatic carbocycles. The Morgan fingerprint density at radius 1 is 0.966 bits per heavy atom. The quantitative estimate of drug-likeness (QED) is 0.646. The summed E-state index contributed by atoms with van der Waals surface area (Å²) in [4.78, 5) is 38.2. The zero-order valence-electron chi connectivity index (χ0n) is 16.0. The molecule has 0 spiro atoms. The molecule has 1 N–H and O–H groups in total. The summed E-state index contributed by atoms with van der Waals surface area (Å²) >= 11 is 0. The molecule has 0 radical (unpaired) electrons. The van der Waals surface area contributed by atoms with E-state index in [1.54, 1.807) is 43.4 Å². The molecule has 0 aliphatic heterocycles. The number of hydrogen-bond donors (Lipinski definition) is 1. The number of rotatable bonds is 6. The lowest BCUT2D eigenvalue weighted by atomic mass is 10.2. The molecule has 0 bridgehead atoms. The maximum absolute atomic E-state index is 12.5. The van der Waals surface area contributed by atoms with Crippen molar-refractivity contribution in [2.75, 3.05) is 17.3 Å². The van der Waals surface area contributed by atoms with Crippen LogP contribution in [0.25, 0.3) is 0 Å². The third kappa shape index (κ3) is 4.90. The SMILES string of the molecule is C[C@H](OC(=O)c1ccc(NC(=O)c2ccco2)cc1)C(=O)N(C)c1ccccc1. The topological polar surface area (TPSA) is 88.8 Å². The minimum absolute atomic E-state index is 0.184. The number of carbonyl (C=O) groups is 3. The Kier molecular flexibility index (Phi) is 6.09. The van der Waals surface area contributed by atoms with Crippen molar-refractivity contribution >= 4 is 29.2 Å². The minimum atomic E-state index is -0.953. The molecule has 3 aromatic rings. The Labute approximate surface area is 167 Å². The van der Waals surface area contributed by atoms with Crippen molar-refractivity contribution in [3.63, 3.8) is 0 Å². The molecule has 7 heteroatoms. The number of benzene rings is 2. The Hall–Kier alpha value is -3.87. The largest absolute Gasteiger partial charge is 0.459 e. The van der Waals surface area contributed by atoms with Crippen LogP contribution in [0.4, 0.5) is 11.4 Å². The number of carbonyl (C=O) groups excluding carboxylic acids is 3. The molecule has 0 fully saturated rings. The highest BCUT2D eigenvalue weighted by Crippen LogP contribution is 2.16. The van der Waals surface area contributed by atoms with Crippen LogP contribution in [0.1, 0.15) is 27.8 Å². The number of ether oxygens (including phenoxy) is 1. The van der Waals surface area contributed by atoms with Crippen LogP contribution < -0.4 is 10.2 Å². The lowest BCUT2D eigenvalue weighted by Gasteiger charge is -2.21. The number of nitrogens with one attached hydrogen (secondary N) is 1. The molecule has 1 aromatic heterocycles.